The minimum Gasteiger partial charge on any atom is -0.477 e. The molecule has 0 aliphatic heterocycles. The molecule has 0 spiro atoms. The lowest BCUT2D eigenvalue weighted by molar-refractivity contribution is -0.129. The Morgan fingerprint density at radius 1 is 1.00 bits per heavy atom. The summed E-state index contributed by atoms with van der Waals surface area (Å²) in [6.07, 6.45) is 0.288. The molecule has 0 fully saturated rings. The fourth-order valence-corrected chi connectivity index (χ4v) is 1.60. The van der Waals surface area contributed by atoms with Gasteiger partial charge in [0.2, 0.25) is 0 Å². The van der Waals surface area contributed by atoms with Crippen molar-refractivity contribution in [2.45, 2.75) is 6.42 Å². The SMILES string of the molecule is O=C(O)/C(Cc1ccccc1)=N\Nc1ccccc1. The van der Waals surface area contributed by atoms with Crippen LogP contribution in [0.15, 0.2) is 65.8 Å². The lowest BCUT2D eigenvalue weighted by Crippen LogP contribution is -2.17. The summed E-state index contributed by atoms with van der Waals surface area (Å²) in [5.74, 6) is -1.02. The Hall–Kier alpha value is -2.62. The highest BCUT2D eigenvalue weighted by Crippen LogP contribution is 2.06. The molecule has 0 heterocycles. The third-order valence-corrected chi connectivity index (χ3v) is 2.56. The molecule has 96 valence electrons. The third kappa shape index (κ3) is 3.96. The van der Waals surface area contributed by atoms with Crippen LogP contribution in [-0.2, 0) is 11.2 Å². The molecule has 0 radical (unpaired) electrons. The highest BCUT2D eigenvalue weighted by Gasteiger charge is 2.10. The van der Waals surface area contributed by atoms with Crippen molar-refractivity contribution < 1.29 is 9.90 Å². The molecule has 4 nitrogen and oxygen atoms in total. The van der Waals surface area contributed by atoms with Crippen LogP contribution in [0.3, 0.4) is 0 Å². The summed E-state index contributed by atoms with van der Waals surface area (Å²) in [6, 6.07) is 18.6. The second-order valence-corrected chi connectivity index (χ2v) is 4.00. The molecule has 0 saturated carbocycles. The number of anilines is 1. The number of para-hydroxylation sites is 1. The second kappa shape index (κ2) is 6.35. The van der Waals surface area contributed by atoms with Crippen molar-refractivity contribution >= 4 is 17.4 Å². The highest BCUT2D eigenvalue weighted by atomic mass is 16.4. The summed E-state index contributed by atoms with van der Waals surface area (Å²) in [5.41, 5.74) is 4.51. The lowest BCUT2D eigenvalue weighted by atomic mass is 10.1. The number of benzene rings is 2. The van der Waals surface area contributed by atoms with Gasteiger partial charge in [0.25, 0.3) is 0 Å². The normalized spacial score (nSPS) is 11.1. The Bertz CT molecular complexity index is 565. The van der Waals surface area contributed by atoms with Gasteiger partial charge in [-0.3, -0.25) is 5.43 Å². The molecular weight excluding hydrogens is 240 g/mol. The van der Waals surface area contributed by atoms with E-state index in [0.29, 0.717) is 0 Å². The van der Waals surface area contributed by atoms with Crippen LogP contribution >= 0.6 is 0 Å². The molecule has 0 unspecified atom stereocenters. The van der Waals surface area contributed by atoms with E-state index in [1.807, 2.05) is 60.7 Å². The van der Waals surface area contributed by atoms with Crippen LogP contribution in [0.1, 0.15) is 5.56 Å². The van der Waals surface area contributed by atoms with E-state index < -0.39 is 5.97 Å². The van der Waals surface area contributed by atoms with Crippen LogP contribution < -0.4 is 5.43 Å². The largest absolute Gasteiger partial charge is 0.477 e. The summed E-state index contributed by atoms with van der Waals surface area (Å²) in [4.78, 5) is 11.2. The van der Waals surface area contributed by atoms with Crippen molar-refractivity contribution in [2.24, 2.45) is 5.10 Å². The standard InChI is InChI=1S/C15H14N2O2/c18-15(19)14(11-12-7-3-1-4-8-12)17-16-13-9-5-2-6-10-13/h1-10,16H,11H2,(H,18,19)/b17-14-. The number of nitrogens with zero attached hydrogens (tertiary/aromatic N) is 1. The van der Waals surface area contributed by atoms with E-state index in [1.165, 1.54) is 0 Å². The summed E-state index contributed by atoms with van der Waals surface area (Å²) in [6.45, 7) is 0. The molecule has 0 aliphatic carbocycles. The highest BCUT2D eigenvalue weighted by molar-refractivity contribution is 6.36. The van der Waals surface area contributed by atoms with Crippen molar-refractivity contribution in [3.8, 4) is 0 Å². The maximum atomic E-state index is 11.2. The quantitative estimate of drug-likeness (QED) is 0.637. The molecule has 2 rings (SSSR count). The van der Waals surface area contributed by atoms with Crippen molar-refractivity contribution in [3.63, 3.8) is 0 Å². The topological polar surface area (TPSA) is 61.7 Å². The van der Waals surface area contributed by atoms with Crippen LogP contribution in [0.2, 0.25) is 0 Å². The zero-order chi connectivity index (χ0) is 13.5. The first kappa shape index (κ1) is 12.8. The molecular formula is C15H14N2O2. The van der Waals surface area contributed by atoms with E-state index in [4.69, 9.17) is 5.11 Å². The summed E-state index contributed by atoms with van der Waals surface area (Å²) in [5, 5.41) is 13.1. The summed E-state index contributed by atoms with van der Waals surface area (Å²) in [7, 11) is 0. The Kier molecular flexibility index (Phi) is 4.29. The van der Waals surface area contributed by atoms with Gasteiger partial charge in [-0.05, 0) is 17.7 Å². The van der Waals surface area contributed by atoms with Gasteiger partial charge in [-0.15, -0.1) is 0 Å². The van der Waals surface area contributed by atoms with Crippen molar-refractivity contribution in [2.75, 3.05) is 5.43 Å². The zero-order valence-corrected chi connectivity index (χ0v) is 10.3. The average Bonchev–Trinajstić information content (AvgIpc) is 2.45. The Balaban J connectivity index is 2.10. The van der Waals surface area contributed by atoms with Crippen LogP contribution in [-0.4, -0.2) is 16.8 Å². The maximum absolute atomic E-state index is 11.2. The first-order valence-corrected chi connectivity index (χ1v) is 5.90. The predicted molar refractivity (Wildman–Crippen MR) is 75.3 cm³/mol. The molecule has 4 heteroatoms. The van der Waals surface area contributed by atoms with Crippen molar-refractivity contribution in [1.29, 1.82) is 0 Å². The number of hydrogen-bond acceptors (Lipinski definition) is 3. The fraction of sp³-hybridized carbons (Fsp3) is 0.0667. The van der Waals surface area contributed by atoms with Gasteiger partial charge in [0.15, 0.2) is 0 Å². The fourth-order valence-electron chi connectivity index (χ4n) is 1.60. The van der Waals surface area contributed by atoms with Gasteiger partial charge in [-0.2, -0.15) is 5.10 Å². The van der Waals surface area contributed by atoms with Gasteiger partial charge in [-0.1, -0.05) is 48.5 Å². The van der Waals surface area contributed by atoms with Gasteiger partial charge in [0.05, 0.1) is 5.69 Å². The van der Waals surface area contributed by atoms with Gasteiger partial charge < -0.3 is 5.11 Å². The third-order valence-electron chi connectivity index (χ3n) is 2.56. The lowest BCUT2D eigenvalue weighted by Gasteiger charge is -2.04. The molecule has 2 aromatic rings. The number of aliphatic carboxylic acids is 1. The number of nitrogens with one attached hydrogen (secondary N) is 1. The predicted octanol–water partition coefficient (Wildman–Crippen LogP) is 2.78. The molecule has 0 saturated heterocycles. The van der Waals surface area contributed by atoms with Gasteiger partial charge in [-0.25, -0.2) is 4.79 Å². The first-order chi connectivity index (χ1) is 9.25. The number of hydrogen-bond donors (Lipinski definition) is 2. The molecule has 0 aromatic heterocycles. The van der Waals surface area contributed by atoms with E-state index >= 15 is 0 Å². The van der Waals surface area contributed by atoms with E-state index in [9.17, 15) is 4.79 Å². The van der Waals surface area contributed by atoms with Crippen LogP contribution in [0.4, 0.5) is 5.69 Å². The summed E-state index contributed by atoms with van der Waals surface area (Å²) < 4.78 is 0. The van der Waals surface area contributed by atoms with Crippen LogP contribution in [0.25, 0.3) is 0 Å². The number of hydrazone groups is 1. The minimum atomic E-state index is -1.02. The number of carbonyl (C=O) groups is 1. The monoisotopic (exact) mass is 254 g/mol. The van der Waals surface area contributed by atoms with E-state index in [0.717, 1.165) is 11.3 Å². The minimum absolute atomic E-state index is 0.0788. The van der Waals surface area contributed by atoms with E-state index in [1.54, 1.807) is 0 Å². The summed E-state index contributed by atoms with van der Waals surface area (Å²) >= 11 is 0. The zero-order valence-electron chi connectivity index (χ0n) is 10.3. The van der Waals surface area contributed by atoms with E-state index in [-0.39, 0.29) is 12.1 Å². The number of rotatable bonds is 5. The Morgan fingerprint density at radius 3 is 2.16 bits per heavy atom. The molecule has 2 N–H and O–H groups in total. The molecule has 0 atom stereocenters. The van der Waals surface area contributed by atoms with Crippen LogP contribution in [0.5, 0.6) is 0 Å². The van der Waals surface area contributed by atoms with Crippen molar-refractivity contribution in [1.82, 2.24) is 0 Å². The molecule has 19 heavy (non-hydrogen) atoms. The molecule has 2 aromatic carbocycles. The smallest absolute Gasteiger partial charge is 0.352 e. The first-order valence-electron chi connectivity index (χ1n) is 5.90. The molecule has 0 aliphatic rings. The van der Waals surface area contributed by atoms with Gasteiger partial charge >= 0.3 is 5.97 Å². The number of carboxylic acids is 1. The molecule has 0 bridgehead atoms. The Labute approximate surface area is 111 Å². The van der Waals surface area contributed by atoms with Gasteiger partial charge in [0, 0.05) is 6.42 Å². The van der Waals surface area contributed by atoms with Gasteiger partial charge in [0.1, 0.15) is 5.71 Å². The number of carboxylic acid groups (broad SMARTS) is 1. The second-order valence-electron chi connectivity index (χ2n) is 4.00. The average molecular weight is 254 g/mol. The Morgan fingerprint density at radius 2 is 1.58 bits per heavy atom. The molecule has 0 amide bonds. The maximum Gasteiger partial charge on any atom is 0.352 e. The van der Waals surface area contributed by atoms with Crippen molar-refractivity contribution in [3.05, 3.63) is 66.2 Å². The van der Waals surface area contributed by atoms with E-state index in [2.05, 4.69) is 10.5 Å². The van der Waals surface area contributed by atoms with Crippen LogP contribution in [0, 0.1) is 0 Å².